The molecule has 2 heterocycles. The van der Waals surface area contributed by atoms with Crippen molar-refractivity contribution in [3.63, 3.8) is 0 Å². The molecule has 5 unspecified atom stereocenters. The summed E-state index contributed by atoms with van der Waals surface area (Å²) in [6, 6.07) is -1.64. The van der Waals surface area contributed by atoms with E-state index in [9.17, 15) is 10.2 Å². The maximum atomic E-state index is 10.7. The summed E-state index contributed by atoms with van der Waals surface area (Å²) in [4.78, 5) is 0. The van der Waals surface area contributed by atoms with Crippen molar-refractivity contribution < 1.29 is 29.2 Å². The first-order valence-electron chi connectivity index (χ1n) is 11.2. The summed E-state index contributed by atoms with van der Waals surface area (Å²) in [5, 5.41) is 24.0. The van der Waals surface area contributed by atoms with Gasteiger partial charge in [-0.3, -0.25) is 0 Å². The zero-order valence-electron chi connectivity index (χ0n) is 18.7. The van der Waals surface area contributed by atoms with E-state index < -0.39 is 36.4 Å². The molecule has 3 aliphatic rings. The van der Waals surface area contributed by atoms with E-state index in [1.54, 1.807) is 14.0 Å². The van der Waals surface area contributed by atoms with Gasteiger partial charge in [0.1, 0.15) is 11.7 Å². The molecule has 0 aromatic carbocycles. The van der Waals surface area contributed by atoms with Crippen LogP contribution in [0.4, 0.5) is 0 Å². The highest BCUT2D eigenvalue weighted by Crippen LogP contribution is 2.31. The van der Waals surface area contributed by atoms with Gasteiger partial charge in [0.15, 0.2) is 12.6 Å². The highest BCUT2D eigenvalue weighted by Gasteiger charge is 2.48. The summed E-state index contributed by atoms with van der Waals surface area (Å²) in [7, 11) is 1.67. The number of aliphatic hydroxyl groups is 2. The van der Waals surface area contributed by atoms with Gasteiger partial charge in [-0.25, -0.2) is 0 Å². The van der Waals surface area contributed by atoms with Gasteiger partial charge in [0, 0.05) is 24.5 Å². The molecule has 3 rings (SSSR count). The second-order valence-electron chi connectivity index (χ2n) is 9.58. The molecule has 12 atom stereocenters. The summed E-state index contributed by atoms with van der Waals surface area (Å²) in [6.45, 7) is 3.52. The third-order valence-corrected chi connectivity index (χ3v) is 6.75. The van der Waals surface area contributed by atoms with Gasteiger partial charge < -0.3 is 57.4 Å². The minimum absolute atomic E-state index is 0.0189. The number of rotatable bonds is 6. The second-order valence-corrected chi connectivity index (χ2v) is 9.58. The molecule has 0 spiro atoms. The van der Waals surface area contributed by atoms with E-state index in [1.165, 1.54) is 0 Å². The molecular formula is C20H41N5O6. The fourth-order valence-corrected chi connectivity index (χ4v) is 4.77. The van der Waals surface area contributed by atoms with Crippen LogP contribution in [0.3, 0.4) is 0 Å². The van der Waals surface area contributed by atoms with E-state index in [4.69, 9.17) is 41.9 Å². The molecule has 3 fully saturated rings. The third-order valence-electron chi connectivity index (χ3n) is 6.75. The van der Waals surface area contributed by atoms with Gasteiger partial charge in [-0.2, -0.15) is 0 Å². The van der Waals surface area contributed by atoms with Crippen LogP contribution in [0.5, 0.6) is 0 Å². The van der Waals surface area contributed by atoms with Crippen LogP contribution in [0.2, 0.25) is 0 Å². The Kier molecular flexibility index (Phi) is 8.31. The normalized spacial score (nSPS) is 50.2. The first-order chi connectivity index (χ1) is 14.5. The Labute approximate surface area is 184 Å². The molecule has 182 valence electrons. The number of aliphatic hydroxyl groups excluding tert-OH is 1. The Morgan fingerprint density at radius 1 is 1.03 bits per heavy atom. The fraction of sp³-hybridized carbons (Fsp3) is 1.00. The number of ether oxygens (including phenoxy) is 4. The van der Waals surface area contributed by atoms with Crippen LogP contribution in [-0.4, -0.2) is 96.7 Å². The second kappa shape index (κ2) is 10.2. The molecule has 11 N–H and O–H groups in total. The molecule has 0 bridgehead atoms. The van der Waals surface area contributed by atoms with Gasteiger partial charge in [-0.05, 0) is 40.2 Å². The molecule has 0 aromatic heterocycles. The number of likely N-dealkylation sites (N-methyl/N-ethyl adjacent to an activating group) is 1. The van der Waals surface area contributed by atoms with Crippen molar-refractivity contribution in [2.45, 2.75) is 112 Å². The molecule has 2 saturated heterocycles. The zero-order chi connectivity index (χ0) is 22.9. The highest BCUT2D eigenvalue weighted by atomic mass is 16.7. The maximum absolute atomic E-state index is 10.7. The van der Waals surface area contributed by atoms with Crippen molar-refractivity contribution in [1.82, 2.24) is 5.32 Å². The van der Waals surface area contributed by atoms with Crippen molar-refractivity contribution in [3.8, 4) is 0 Å². The summed E-state index contributed by atoms with van der Waals surface area (Å²) in [5.41, 5.74) is 23.6. The lowest BCUT2D eigenvalue weighted by atomic mass is 9.86. The molecule has 2 aliphatic heterocycles. The lowest BCUT2D eigenvalue weighted by Crippen LogP contribution is -2.66. The predicted molar refractivity (Wildman–Crippen MR) is 114 cm³/mol. The Hall–Kier alpha value is -0.440. The van der Waals surface area contributed by atoms with Crippen molar-refractivity contribution in [1.29, 1.82) is 0 Å². The fourth-order valence-electron chi connectivity index (χ4n) is 4.77. The Balaban J connectivity index is 1.62. The largest absolute Gasteiger partial charge is 0.386 e. The number of nitrogens with two attached hydrogens (primary N) is 4. The first-order valence-corrected chi connectivity index (χ1v) is 11.2. The van der Waals surface area contributed by atoms with Crippen LogP contribution < -0.4 is 28.3 Å². The number of hydrogen-bond acceptors (Lipinski definition) is 11. The smallest absolute Gasteiger partial charge is 0.185 e. The summed E-state index contributed by atoms with van der Waals surface area (Å²) < 4.78 is 23.8. The lowest BCUT2D eigenvalue weighted by Gasteiger charge is -2.47. The van der Waals surface area contributed by atoms with E-state index >= 15 is 0 Å². The molecule has 0 aromatic rings. The van der Waals surface area contributed by atoms with Gasteiger partial charge in [-0.15, -0.1) is 0 Å². The SMILES string of the molecule is CNC1C(O)[C@@H](O[C@@H]2CC(O[C@H]3OC([C@@H](C)N)CCC3N)[C@@H](N)C[C@H]2N)OC[C@]1(C)O. The van der Waals surface area contributed by atoms with Gasteiger partial charge >= 0.3 is 0 Å². The van der Waals surface area contributed by atoms with Crippen LogP contribution in [0.15, 0.2) is 0 Å². The standard InChI is InChI=1S/C20H41N5O6/c1-9(21)13-5-4-10(22)18(29-13)30-14-7-15(12(24)6-11(14)23)31-19-16(26)17(25-3)20(2,27)8-28-19/h9-19,25-27H,4-8,21-24H2,1-3H3/t9-,10?,11+,12-,13?,14?,15-,16?,17?,18-,19-,20+/m1/s1. The van der Waals surface area contributed by atoms with Crippen LogP contribution in [0, 0.1) is 0 Å². The lowest BCUT2D eigenvalue weighted by molar-refractivity contribution is -0.291. The van der Waals surface area contributed by atoms with Crippen LogP contribution in [0.1, 0.15) is 39.5 Å². The Morgan fingerprint density at radius 3 is 2.23 bits per heavy atom. The van der Waals surface area contributed by atoms with Crippen molar-refractivity contribution >= 4 is 0 Å². The van der Waals surface area contributed by atoms with Crippen molar-refractivity contribution in [2.24, 2.45) is 22.9 Å². The molecule has 31 heavy (non-hydrogen) atoms. The molecule has 11 heteroatoms. The van der Waals surface area contributed by atoms with Crippen LogP contribution in [-0.2, 0) is 18.9 Å². The minimum atomic E-state index is -1.22. The quantitative estimate of drug-likeness (QED) is 0.226. The number of nitrogens with one attached hydrogen (secondary N) is 1. The number of hydrogen-bond donors (Lipinski definition) is 7. The summed E-state index contributed by atoms with van der Waals surface area (Å²) in [6.07, 6.45) is -1.12. The summed E-state index contributed by atoms with van der Waals surface area (Å²) in [5.74, 6) is 0. The van der Waals surface area contributed by atoms with Gasteiger partial charge in [0.25, 0.3) is 0 Å². The van der Waals surface area contributed by atoms with Gasteiger partial charge in [-0.1, -0.05) is 0 Å². The highest BCUT2D eigenvalue weighted by molar-refractivity contribution is 4.99. The van der Waals surface area contributed by atoms with Crippen LogP contribution in [0.25, 0.3) is 0 Å². The minimum Gasteiger partial charge on any atom is -0.386 e. The Bertz CT molecular complexity index is 584. The zero-order valence-corrected chi connectivity index (χ0v) is 18.7. The first kappa shape index (κ1) is 25.2. The Morgan fingerprint density at radius 2 is 1.65 bits per heavy atom. The summed E-state index contributed by atoms with van der Waals surface area (Å²) >= 11 is 0. The third kappa shape index (κ3) is 5.74. The van der Waals surface area contributed by atoms with Crippen molar-refractivity contribution in [2.75, 3.05) is 13.7 Å². The van der Waals surface area contributed by atoms with E-state index in [0.717, 1.165) is 12.8 Å². The van der Waals surface area contributed by atoms with E-state index in [0.29, 0.717) is 12.8 Å². The van der Waals surface area contributed by atoms with Crippen molar-refractivity contribution in [3.05, 3.63) is 0 Å². The van der Waals surface area contributed by atoms with E-state index in [1.807, 2.05) is 6.92 Å². The molecular weight excluding hydrogens is 406 g/mol. The average molecular weight is 448 g/mol. The molecule has 0 amide bonds. The predicted octanol–water partition coefficient (Wildman–Crippen LogP) is -2.56. The molecule has 0 radical (unpaired) electrons. The topological polar surface area (TPSA) is 193 Å². The van der Waals surface area contributed by atoms with E-state index in [-0.39, 0.29) is 43.0 Å². The molecule has 1 aliphatic carbocycles. The average Bonchev–Trinajstić information content (AvgIpc) is 2.69. The molecule has 1 saturated carbocycles. The maximum Gasteiger partial charge on any atom is 0.185 e. The monoisotopic (exact) mass is 447 g/mol. The van der Waals surface area contributed by atoms with Gasteiger partial charge in [0.2, 0.25) is 0 Å². The molecule has 11 nitrogen and oxygen atoms in total. The van der Waals surface area contributed by atoms with Gasteiger partial charge in [0.05, 0.1) is 37.0 Å². The van der Waals surface area contributed by atoms with Crippen LogP contribution >= 0.6 is 0 Å². The van der Waals surface area contributed by atoms with E-state index in [2.05, 4.69) is 5.32 Å².